The molecule has 3 rings (SSSR count). The Morgan fingerprint density at radius 1 is 1.21 bits per heavy atom. The van der Waals surface area contributed by atoms with Gasteiger partial charge in [0.1, 0.15) is 11.6 Å². The van der Waals surface area contributed by atoms with Crippen molar-refractivity contribution in [2.45, 2.75) is 0 Å². The Bertz CT molecular complexity index is 782. The molecule has 0 amide bonds. The van der Waals surface area contributed by atoms with E-state index in [4.69, 9.17) is 0 Å². The average molecular weight is 257 g/mol. The third-order valence-electron chi connectivity index (χ3n) is 2.77. The normalized spacial score (nSPS) is 10.8. The number of hydrogen-bond acceptors (Lipinski definition) is 3. The number of aromatic nitrogens is 2. The van der Waals surface area contributed by atoms with Crippen molar-refractivity contribution in [2.75, 3.05) is 0 Å². The van der Waals surface area contributed by atoms with Crippen molar-refractivity contribution in [2.24, 2.45) is 0 Å². The fraction of sp³-hybridized carbons (Fsp3) is 0. The molecule has 19 heavy (non-hydrogen) atoms. The van der Waals surface area contributed by atoms with Crippen LogP contribution in [0, 0.1) is 15.9 Å². The molecule has 0 aliphatic heterocycles. The largest absolute Gasteiger partial charge is 0.338 e. The van der Waals surface area contributed by atoms with Crippen molar-refractivity contribution in [1.82, 2.24) is 9.97 Å². The average Bonchev–Trinajstić information content (AvgIpc) is 2.81. The van der Waals surface area contributed by atoms with Crippen molar-refractivity contribution >= 4 is 16.7 Å². The second-order valence-electron chi connectivity index (χ2n) is 4.05. The molecule has 5 nitrogen and oxygen atoms in total. The van der Waals surface area contributed by atoms with Gasteiger partial charge in [0.2, 0.25) is 0 Å². The number of fused-ring (bicyclic) bond motifs is 1. The third-order valence-corrected chi connectivity index (χ3v) is 2.77. The number of non-ortho nitro benzene ring substituents is 1. The molecule has 0 aliphatic rings. The van der Waals surface area contributed by atoms with Gasteiger partial charge in [-0.25, -0.2) is 9.37 Å². The molecule has 1 heterocycles. The van der Waals surface area contributed by atoms with Gasteiger partial charge in [-0.05, 0) is 18.2 Å². The van der Waals surface area contributed by atoms with Crippen molar-refractivity contribution in [3.8, 4) is 11.4 Å². The molecule has 94 valence electrons. The maximum Gasteiger partial charge on any atom is 0.270 e. The summed E-state index contributed by atoms with van der Waals surface area (Å²) in [5.41, 5.74) is 1.75. The molecule has 0 fully saturated rings. The Morgan fingerprint density at radius 3 is 2.84 bits per heavy atom. The Morgan fingerprint density at radius 2 is 2.05 bits per heavy atom. The molecule has 2 aromatic carbocycles. The monoisotopic (exact) mass is 257 g/mol. The van der Waals surface area contributed by atoms with E-state index in [1.165, 1.54) is 24.3 Å². The second-order valence-corrected chi connectivity index (χ2v) is 4.05. The zero-order valence-corrected chi connectivity index (χ0v) is 9.63. The Kier molecular flexibility index (Phi) is 2.49. The van der Waals surface area contributed by atoms with E-state index >= 15 is 0 Å². The number of halogens is 1. The molecule has 1 aromatic heterocycles. The quantitative estimate of drug-likeness (QED) is 0.565. The second kappa shape index (κ2) is 4.16. The van der Waals surface area contributed by atoms with Gasteiger partial charge in [0.25, 0.3) is 5.69 Å². The maximum atomic E-state index is 13.1. The van der Waals surface area contributed by atoms with E-state index in [1.54, 1.807) is 18.2 Å². The number of nitro benzene ring substituents is 1. The molecule has 0 spiro atoms. The lowest BCUT2D eigenvalue weighted by Gasteiger charge is -1.96. The number of benzene rings is 2. The Balaban J connectivity index is 2.13. The lowest BCUT2D eigenvalue weighted by atomic mass is 10.2. The first kappa shape index (κ1) is 11.3. The van der Waals surface area contributed by atoms with E-state index in [-0.39, 0.29) is 11.5 Å². The third kappa shape index (κ3) is 2.03. The summed E-state index contributed by atoms with van der Waals surface area (Å²) >= 11 is 0. The SMILES string of the molecule is O=[N+]([O-])c1cccc(-c2nc3ccc(F)cc3[nH]2)c1. The molecule has 0 aliphatic carbocycles. The van der Waals surface area contributed by atoms with Crippen LogP contribution < -0.4 is 0 Å². The zero-order chi connectivity index (χ0) is 13.4. The summed E-state index contributed by atoms with van der Waals surface area (Å²) in [6, 6.07) is 10.3. The van der Waals surface area contributed by atoms with Crippen LogP contribution in [-0.2, 0) is 0 Å². The lowest BCUT2D eigenvalue weighted by Crippen LogP contribution is -1.88. The van der Waals surface area contributed by atoms with Crippen LogP contribution in [0.15, 0.2) is 42.5 Å². The van der Waals surface area contributed by atoms with Gasteiger partial charge in [0.05, 0.1) is 16.0 Å². The first-order valence-electron chi connectivity index (χ1n) is 5.53. The molecule has 0 atom stereocenters. The molecule has 3 aromatic rings. The van der Waals surface area contributed by atoms with Crippen LogP contribution in [0.5, 0.6) is 0 Å². The minimum Gasteiger partial charge on any atom is -0.338 e. The van der Waals surface area contributed by atoms with E-state index in [0.29, 0.717) is 22.4 Å². The van der Waals surface area contributed by atoms with Crippen LogP contribution >= 0.6 is 0 Å². The highest BCUT2D eigenvalue weighted by atomic mass is 19.1. The summed E-state index contributed by atoms with van der Waals surface area (Å²) in [6.07, 6.45) is 0. The van der Waals surface area contributed by atoms with E-state index < -0.39 is 4.92 Å². The summed E-state index contributed by atoms with van der Waals surface area (Å²) in [5, 5.41) is 10.7. The molecule has 0 unspecified atom stereocenters. The van der Waals surface area contributed by atoms with Crippen LogP contribution in [0.25, 0.3) is 22.4 Å². The van der Waals surface area contributed by atoms with Crippen LogP contribution in [0.4, 0.5) is 10.1 Å². The lowest BCUT2D eigenvalue weighted by molar-refractivity contribution is -0.384. The summed E-state index contributed by atoms with van der Waals surface area (Å²) in [6.45, 7) is 0. The molecule has 0 saturated carbocycles. The van der Waals surface area contributed by atoms with Gasteiger partial charge in [-0.2, -0.15) is 0 Å². The highest BCUT2D eigenvalue weighted by Crippen LogP contribution is 2.24. The Labute approximate surface area is 106 Å². The highest BCUT2D eigenvalue weighted by Gasteiger charge is 2.10. The van der Waals surface area contributed by atoms with Gasteiger partial charge in [-0.15, -0.1) is 0 Å². The van der Waals surface area contributed by atoms with Gasteiger partial charge in [-0.1, -0.05) is 12.1 Å². The maximum absolute atomic E-state index is 13.1. The fourth-order valence-electron chi connectivity index (χ4n) is 1.89. The van der Waals surface area contributed by atoms with Crippen molar-refractivity contribution in [1.29, 1.82) is 0 Å². The van der Waals surface area contributed by atoms with Gasteiger partial charge in [-0.3, -0.25) is 10.1 Å². The minimum absolute atomic E-state index is 0.0101. The first-order valence-corrected chi connectivity index (χ1v) is 5.53. The van der Waals surface area contributed by atoms with Crippen LogP contribution in [0.1, 0.15) is 0 Å². The van der Waals surface area contributed by atoms with E-state index in [9.17, 15) is 14.5 Å². The number of hydrogen-bond donors (Lipinski definition) is 1. The van der Waals surface area contributed by atoms with E-state index in [2.05, 4.69) is 9.97 Å². The van der Waals surface area contributed by atoms with Gasteiger partial charge < -0.3 is 4.98 Å². The summed E-state index contributed by atoms with van der Waals surface area (Å²) < 4.78 is 13.1. The number of nitrogens with zero attached hydrogens (tertiary/aromatic N) is 2. The molecular weight excluding hydrogens is 249 g/mol. The summed E-state index contributed by atoms with van der Waals surface area (Å²) in [7, 11) is 0. The van der Waals surface area contributed by atoms with Crippen LogP contribution in [0.2, 0.25) is 0 Å². The molecule has 0 radical (unpaired) electrons. The van der Waals surface area contributed by atoms with Crippen LogP contribution in [-0.4, -0.2) is 14.9 Å². The zero-order valence-electron chi connectivity index (χ0n) is 9.63. The molecule has 0 saturated heterocycles. The number of imidazole rings is 1. The number of rotatable bonds is 2. The predicted molar refractivity (Wildman–Crippen MR) is 68.1 cm³/mol. The van der Waals surface area contributed by atoms with Gasteiger partial charge >= 0.3 is 0 Å². The standard InChI is InChI=1S/C13H8FN3O2/c14-9-4-5-11-12(7-9)16-13(15-11)8-2-1-3-10(6-8)17(18)19/h1-7H,(H,15,16). The summed E-state index contributed by atoms with van der Waals surface area (Å²) in [5.74, 6) is 0.117. The van der Waals surface area contributed by atoms with Gasteiger partial charge in [0, 0.05) is 17.7 Å². The highest BCUT2D eigenvalue weighted by molar-refractivity contribution is 5.79. The smallest absolute Gasteiger partial charge is 0.270 e. The van der Waals surface area contributed by atoms with Gasteiger partial charge in [0.15, 0.2) is 0 Å². The first-order chi connectivity index (χ1) is 9.13. The van der Waals surface area contributed by atoms with Crippen LogP contribution in [0.3, 0.4) is 0 Å². The number of H-pyrrole nitrogens is 1. The van der Waals surface area contributed by atoms with E-state index in [0.717, 1.165) is 0 Å². The molecule has 6 heteroatoms. The van der Waals surface area contributed by atoms with Crippen molar-refractivity contribution in [3.63, 3.8) is 0 Å². The number of nitrogens with one attached hydrogen (secondary N) is 1. The predicted octanol–water partition coefficient (Wildman–Crippen LogP) is 3.28. The molecule has 1 N–H and O–H groups in total. The van der Waals surface area contributed by atoms with Crippen molar-refractivity contribution in [3.05, 3.63) is 58.4 Å². The number of nitro groups is 1. The number of aromatic amines is 1. The topological polar surface area (TPSA) is 71.8 Å². The molecular formula is C13H8FN3O2. The fourth-order valence-corrected chi connectivity index (χ4v) is 1.89. The Hall–Kier alpha value is -2.76. The van der Waals surface area contributed by atoms with E-state index in [1.807, 2.05) is 0 Å². The summed E-state index contributed by atoms with van der Waals surface area (Å²) in [4.78, 5) is 17.5. The molecule has 0 bridgehead atoms. The van der Waals surface area contributed by atoms with Crippen molar-refractivity contribution < 1.29 is 9.31 Å². The minimum atomic E-state index is -0.466.